The van der Waals surface area contributed by atoms with Gasteiger partial charge < -0.3 is 20.3 Å². The van der Waals surface area contributed by atoms with E-state index >= 15 is 0 Å². The maximum absolute atomic E-state index is 12.8. The SMILES string of the molecule is COc1ccccc1NC(=O)N1CCC[C@@H](c2nnc(C(=O)Nc3ccc(C)cc3)s2)C1. The molecule has 0 saturated carbocycles. The molecule has 4 rings (SSSR count). The van der Waals surface area contributed by atoms with Crippen LogP contribution in [0.4, 0.5) is 16.2 Å². The van der Waals surface area contributed by atoms with Crippen molar-refractivity contribution in [1.82, 2.24) is 15.1 Å². The van der Waals surface area contributed by atoms with Crippen molar-refractivity contribution in [2.75, 3.05) is 30.8 Å². The van der Waals surface area contributed by atoms with Gasteiger partial charge in [-0.05, 0) is 44.0 Å². The summed E-state index contributed by atoms with van der Waals surface area (Å²) in [4.78, 5) is 27.1. The highest BCUT2D eigenvalue weighted by Crippen LogP contribution is 2.30. The van der Waals surface area contributed by atoms with Gasteiger partial charge in [-0.25, -0.2) is 4.79 Å². The molecule has 0 unspecified atom stereocenters. The van der Waals surface area contributed by atoms with Crippen molar-refractivity contribution in [3.63, 3.8) is 0 Å². The zero-order chi connectivity index (χ0) is 22.5. The number of rotatable bonds is 5. The van der Waals surface area contributed by atoms with Crippen LogP contribution in [0.25, 0.3) is 0 Å². The first kappa shape index (κ1) is 21.8. The summed E-state index contributed by atoms with van der Waals surface area (Å²) in [6.07, 6.45) is 1.75. The Labute approximate surface area is 190 Å². The summed E-state index contributed by atoms with van der Waals surface area (Å²) in [5.41, 5.74) is 2.47. The monoisotopic (exact) mass is 451 g/mol. The van der Waals surface area contributed by atoms with Crippen LogP contribution in [0.5, 0.6) is 5.75 Å². The van der Waals surface area contributed by atoms with Crippen LogP contribution in [-0.2, 0) is 0 Å². The molecule has 3 aromatic rings. The summed E-state index contributed by atoms with van der Waals surface area (Å²) in [5, 5.41) is 15.2. The number of amides is 3. The first-order valence-corrected chi connectivity index (χ1v) is 11.3. The van der Waals surface area contributed by atoms with E-state index < -0.39 is 0 Å². The Morgan fingerprint density at radius 3 is 2.66 bits per heavy atom. The molecule has 0 aliphatic carbocycles. The molecule has 1 fully saturated rings. The number of nitrogens with one attached hydrogen (secondary N) is 2. The molecule has 166 valence electrons. The fraction of sp³-hybridized carbons (Fsp3) is 0.304. The van der Waals surface area contributed by atoms with Gasteiger partial charge in [0.05, 0.1) is 12.8 Å². The van der Waals surface area contributed by atoms with E-state index in [1.807, 2.05) is 49.4 Å². The van der Waals surface area contributed by atoms with Crippen LogP contribution < -0.4 is 15.4 Å². The van der Waals surface area contributed by atoms with Crippen LogP contribution in [0.1, 0.15) is 39.1 Å². The Morgan fingerprint density at radius 1 is 1.09 bits per heavy atom. The van der Waals surface area contributed by atoms with E-state index in [4.69, 9.17) is 4.74 Å². The third-order valence-electron chi connectivity index (χ3n) is 5.35. The number of aromatic nitrogens is 2. The minimum atomic E-state index is -0.279. The lowest BCUT2D eigenvalue weighted by atomic mass is 9.99. The molecule has 2 N–H and O–H groups in total. The van der Waals surface area contributed by atoms with E-state index in [9.17, 15) is 9.59 Å². The number of methoxy groups -OCH3 is 1. The standard InChI is InChI=1S/C23H25N5O3S/c1-15-9-11-17(12-10-15)24-20(29)22-27-26-21(32-22)16-6-5-13-28(14-16)23(30)25-18-7-3-4-8-19(18)31-2/h3-4,7-12,16H,5-6,13-14H2,1-2H3,(H,24,29)(H,25,30)/t16-/m1/s1. The normalized spacial score (nSPS) is 15.8. The lowest BCUT2D eigenvalue weighted by Crippen LogP contribution is -2.41. The van der Waals surface area contributed by atoms with Gasteiger partial charge in [-0.1, -0.05) is 41.2 Å². The van der Waals surface area contributed by atoms with Crippen molar-refractivity contribution in [3.8, 4) is 5.75 Å². The number of urea groups is 1. The first-order valence-electron chi connectivity index (χ1n) is 10.4. The predicted octanol–water partition coefficient (Wildman–Crippen LogP) is 4.52. The second-order valence-electron chi connectivity index (χ2n) is 7.68. The molecule has 1 aromatic heterocycles. The Kier molecular flexibility index (Phi) is 6.65. The number of anilines is 2. The molecule has 2 aromatic carbocycles. The van der Waals surface area contributed by atoms with Crippen molar-refractivity contribution in [1.29, 1.82) is 0 Å². The van der Waals surface area contributed by atoms with Gasteiger partial charge >= 0.3 is 6.03 Å². The minimum Gasteiger partial charge on any atom is -0.495 e. The number of ether oxygens (including phenoxy) is 1. The summed E-state index contributed by atoms with van der Waals surface area (Å²) in [6, 6.07) is 14.7. The number of aryl methyl sites for hydroxylation is 1. The molecule has 9 heteroatoms. The number of nitrogens with zero attached hydrogens (tertiary/aromatic N) is 3. The quantitative estimate of drug-likeness (QED) is 0.595. The minimum absolute atomic E-state index is 0.0468. The van der Waals surface area contributed by atoms with Crippen LogP contribution >= 0.6 is 11.3 Å². The molecule has 1 aliphatic rings. The van der Waals surface area contributed by atoms with Crippen LogP contribution in [0.3, 0.4) is 0 Å². The van der Waals surface area contributed by atoms with E-state index in [1.54, 1.807) is 18.1 Å². The molecule has 3 amide bonds. The number of carbonyl (C=O) groups is 2. The number of likely N-dealkylation sites (tertiary alicyclic amines) is 1. The van der Waals surface area contributed by atoms with Crippen molar-refractivity contribution in [2.45, 2.75) is 25.7 Å². The third kappa shape index (κ3) is 5.05. The largest absolute Gasteiger partial charge is 0.495 e. The molecule has 0 spiro atoms. The highest BCUT2D eigenvalue weighted by Gasteiger charge is 2.28. The van der Waals surface area contributed by atoms with E-state index in [1.165, 1.54) is 11.3 Å². The van der Waals surface area contributed by atoms with Gasteiger partial charge in [-0.2, -0.15) is 0 Å². The average Bonchev–Trinajstić information content (AvgIpc) is 3.32. The predicted molar refractivity (Wildman–Crippen MR) is 125 cm³/mol. The van der Waals surface area contributed by atoms with E-state index in [0.717, 1.165) is 23.4 Å². The lowest BCUT2D eigenvalue weighted by Gasteiger charge is -2.31. The Morgan fingerprint density at radius 2 is 1.88 bits per heavy atom. The van der Waals surface area contributed by atoms with E-state index in [-0.39, 0.29) is 17.9 Å². The maximum Gasteiger partial charge on any atom is 0.321 e. The number of benzene rings is 2. The Bertz CT molecular complexity index is 1100. The zero-order valence-corrected chi connectivity index (χ0v) is 18.8. The molecule has 1 aliphatic heterocycles. The number of carbonyl (C=O) groups excluding carboxylic acids is 2. The maximum atomic E-state index is 12.8. The number of hydrogen-bond donors (Lipinski definition) is 2. The van der Waals surface area contributed by atoms with Gasteiger partial charge in [0, 0.05) is 24.7 Å². The van der Waals surface area contributed by atoms with Gasteiger partial charge in [-0.3, -0.25) is 4.79 Å². The van der Waals surface area contributed by atoms with Crippen LogP contribution in [0, 0.1) is 6.92 Å². The van der Waals surface area contributed by atoms with Crippen molar-refractivity contribution >= 4 is 34.6 Å². The molecular weight excluding hydrogens is 426 g/mol. The number of para-hydroxylation sites is 2. The number of hydrogen-bond acceptors (Lipinski definition) is 6. The van der Waals surface area contributed by atoms with E-state index in [0.29, 0.717) is 35.2 Å². The van der Waals surface area contributed by atoms with Crippen molar-refractivity contribution in [3.05, 3.63) is 64.1 Å². The Balaban J connectivity index is 1.39. The molecule has 32 heavy (non-hydrogen) atoms. The van der Waals surface area contributed by atoms with E-state index in [2.05, 4.69) is 20.8 Å². The van der Waals surface area contributed by atoms with Gasteiger partial charge in [0.1, 0.15) is 10.8 Å². The highest BCUT2D eigenvalue weighted by molar-refractivity contribution is 7.13. The van der Waals surface area contributed by atoms with Crippen molar-refractivity contribution in [2.24, 2.45) is 0 Å². The summed E-state index contributed by atoms with van der Waals surface area (Å²) < 4.78 is 5.31. The average molecular weight is 452 g/mol. The lowest BCUT2D eigenvalue weighted by molar-refractivity contribution is 0.102. The van der Waals surface area contributed by atoms with Gasteiger partial charge in [0.25, 0.3) is 5.91 Å². The topological polar surface area (TPSA) is 96.4 Å². The molecule has 0 bridgehead atoms. The number of piperidine rings is 1. The second-order valence-corrected chi connectivity index (χ2v) is 8.69. The molecule has 1 atom stereocenters. The summed E-state index contributed by atoms with van der Waals surface area (Å²) in [5.74, 6) is 0.382. The summed E-state index contributed by atoms with van der Waals surface area (Å²) in [7, 11) is 1.57. The highest BCUT2D eigenvalue weighted by atomic mass is 32.1. The van der Waals surface area contributed by atoms with Crippen LogP contribution in [0.15, 0.2) is 48.5 Å². The van der Waals surface area contributed by atoms with Gasteiger partial charge in [0.2, 0.25) is 5.01 Å². The smallest absolute Gasteiger partial charge is 0.321 e. The molecule has 0 radical (unpaired) electrons. The fourth-order valence-corrected chi connectivity index (χ4v) is 4.48. The Hall–Kier alpha value is -3.46. The van der Waals surface area contributed by atoms with Gasteiger partial charge in [0.15, 0.2) is 0 Å². The summed E-state index contributed by atoms with van der Waals surface area (Å²) in [6.45, 7) is 3.18. The van der Waals surface area contributed by atoms with Crippen molar-refractivity contribution < 1.29 is 14.3 Å². The second kappa shape index (κ2) is 9.78. The van der Waals surface area contributed by atoms with Crippen LogP contribution in [-0.4, -0.2) is 47.2 Å². The van der Waals surface area contributed by atoms with Crippen LogP contribution in [0.2, 0.25) is 0 Å². The molecule has 8 nitrogen and oxygen atoms in total. The first-order chi connectivity index (χ1) is 15.5. The molecular formula is C23H25N5O3S. The fourth-order valence-electron chi connectivity index (χ4n) is 3.62. The molecule has 1 saturated heterocycles. The summed E-state index contributed by atoms with van der Waals surface area (Å²) >= 11 is 1.28. The third-order valence-corrected chi connectivity index (χ3v) is 6.44. The van der Waals surface area contributed by atoms with Gasteiger partial charge in [-0.15, -0.1) is 10.2 Å². The molecule has 2 heterocycles. The zero-order valence-electron chi connectivity index (χ0n) is 18.0.